The summed E-state index contributed by atoms with van der Waals surface area (Å²) >= 11 is 0. The third kappa shape index (κ3) is 4.65. The van der Waals surface area contributed by atoms with Crippen LogP contribution in [0.3, 0.4) is 0 Å². The SMILES string of the molecule is CCC1C=C(C)C(c2ccc(-c3c4ccccc4c(-c4cccc(-c5ccnc(C)c5)c4)c4ccccc34)cc2)=CC1. The molecule has 0 radical (unpaired) electrons. The van der Waals surface area contributed by atoms with E-state index < -0.39 is 0 Å². The molecule has 1 aromatic heterocycles. The second-order valence-corrected chi connectivity index (χ2v) is 11.6. The predicted octanol–water partition coefficient (Wildman–Crippen LogP) is 11.5. The summed E-state index contributed by atoms with van der Waals surface area (Å²) in [4.78, 5) is 4.40. The van der Waals surface area contributed by atoms with E-state index in [9.17, 15) is 0 Å². The summed E-state index contributed by atoms with van der Waals surface area (Å²) in [6.45, 7) is 6.58. The van der Waals surface area contributed by atoms with Crippen molar-refractivity contribution in [3.05, 3.63) is 144 Å². The summed E-state index contributed by atoms with van der Waals surface area (Å²) in [5.41, 5.74) is 12.6. The Morgan fingerprint density at radius 3 is 1.76 bits per heavy atom. The Morgan fingerprint density at radius 1 is 0.595 bits per heavy atom. The lowest BCUT2D eigenvalue weighted by molar-refractivity contribution is 0.630. The van der Waals surface area contributed by atoms with E-state index in [1.165, 1.54) is 78.1 Å². The molecular formula is C41H35N. The minimum absolute atomic E-state index is 0.666. The van der Waals surface area contributed by atoms with E-state index in [4.69, 9.17) is 0 Å². The largest absolute Gasteiger partial charge is 0.262 e. The van der Waals surface area contributed by atoms with Crippen LogP contribution >= 0.6 is 0 Å². The van der Waals surface area contributed by atoms with Crippen LogP contribution in [0.25, 0.3) is 60.5 Å². The van der Waals surface area contributed by atoms with Crippen molar-refractivity contribution in [3.8, 4) is 33.4 Å². The van der Waals surface area contributed by atoms with Gasteiger partial charge in [-0.2, -0.15) is 0 Å². The fourth-order valence-corrected chi connectivity index (χ4v) is 6.72. The van der Waals surface area contributed by atoms with Gasteiger partial charge in [0, 0.05) is 11.9 Å². The Bertz CT molecular complexity index is 1950. The topological polar surface area (TPSA) is 12.9 Å². The highest BCUT2D eigenvalue weighted by Gasteiger charge is 2.18. The maximum Gasteiger partial charge on any atom is 0.0378 e. The van der Waals surface area contributed by atoms with Crippen LogP contribution in [0.2, 0.25) is 0 Å². The van der Waals surface area contributed by atoms with Gasteiger partial charge in [-0.15, -0.1) is 0 Å². The first kappa shape index (κ1) is 26.2. The van der Waals surface area contributed by atoms with Crippen LogP contribution in [-0.2, 0) is 0 Å². The number of benzene rings is 5. The van der Waals surface area contributed by atoms with E-state index in [0.717, 1.165) is 12.1 Å². The van der Waals surface area contributed by atoms with Gasteiger partial charge in [0.05, 0.1) is 0 Å². The number of rotatable bonds is 5. The zero-order chi connectivity index (χ0) is 28.6. The molecule has 204 valence electrons. The van der Waals surface area contributed by atoms with Gasteiger partial charge >= 0.3 is 0 Å². The van der Waals surface area contributed by atoms with Gasteiger partial charge in [0.2, 0.25) is 0 Å². The highest BCUT2D eigenvalue weighted by atomic mass is 14.6. The fourth-order valence-electron chi connectivity index (χ4n) is 6.72. The molecule has 7 rings (SSSR count). The van der Waals surface area contributed by atoms with Crippen LogP contribution in [0.15, 0.2) is 133 Å². The molecule has 1 aliphatic carbocycles. The maximum absolute atomic E-state index is 4.40. The molecule has 1 aliphatic rings. The molecule has 1 heteroatoms. The number of hydrogen-bond donors (Lipinski definition) is 0. The third-order valence-electron chi connectivity index (χ3n) is 8.86. The number of fused-ring (bicyclic) bond motifs is 2. The molecule has 1 unspecified atom stereocenters. The molecule has 0 spiro atoms. The number of nitrogens with zero attached hydrogens (tertiary/aromatic N) is 1. The lowest BCUT2D eigenvalue weighted by Gasteiger charge is -2.20. The van der Waals surface area contributed by atoms with Crippen molar-refractivity contribution >= 4 is 27.1 Å². The quantitative estimate of drug-likeness (QED) is 0.198. The molecule has 5 aromatic carbocycles. The lowest BCUT2D eigenvalue weighted by Crippen LogP contribution is -2.01. The zero-order valence-corrected chi connectivity index (χ0v) is 24.6. The predicted molar refractivity (Wildman–Crippen MR) is 180 cm³/mol. The van der Waals surface area contributed by atoms with Crippen molar-refractivity contribution in [1.29, 1.82) is 0 Å². The Morgan fingerprint density at radius 2 is 1.17 bits per heavy atom. The molecule has 42 heavy (non-hydrogen) atoms. The van der Waals surface area contributed by atoms with Gasteiger partial charge in [-0.25, -0.2) is 0 Å². The maximum atomic E-state index is 4.40. The fraction of sp³-hybridized carbons (Fsp3) is 0.146. The molecule has 0 N–H and O–H groups in total. The summed E-state index contributed by atoms with van der Waals surface area (Å²) < 4.78 is 0. The minimum atomic E-state index is 0.666. The van der Waals surface area contributed by atoms with Gasteiger partial charge in [-0.1, -0.05) is 110 Å². The average Bonchev–Trinajstić information content (AvgIpc) is 3.03. The second kappa shape index (κ2) is 10.9. The number of aromatic nitrogens is 1. The monoisotopic (exact) mass is 541 g/mol. The average molecular weight is 542 g/mol. The Labute approximate surface area is 248 Å². The van der Waals surface area contributed by atoms with E-state index in [0.29, 0.717) is 5.92 Å². The Hall–Kier alpha value is -4.75. The van der Waals surface area contributed by atoms with Crippen molar-refractivity contribution in [2.24, 2.45) is 5.92 Å². The molecule has 0 saturated heterocycles. The van der Waals surface area contributed by atoms with Crippen molar-refractivity contribution in [1.82, 2.24) is 4.98 Å². The summed E-state index contributed by atoms with van der Waals surface area (Å²) in [6, 6.07) is 40.2. The highest BCUT2D eigenvalue weighted by Crippen LogP contribution is 2.44. The molecular weight excluding hydrogens is 506 g/mol. The van der Waals surface area contributed by atoms with E-state index in [-0.39, 0.29) is 0 Å². The van der Waals surface area contributed by atoms with E-state index in [1.807, 2.05) is 13.1 Å². The first-order chi connectivity index (χ1) is 20.6. The number of allylic oxidation sites excluding steroid dienone is 4. The minimum Gasteiger partial charge on any atom is -0.262 e. The van der Waals surface area contributed by atoms with Crippen LogP contribution in [0.4, 0.5) is 0 Å². The van der Waals surface area contributed by atoms with Crippen molar-refractivity contribution in [2.75, 3.05) is 0 Å². The van der Waals surface area contributed by atoms with Gasteiger partial charge in [-0.05, 0) is 122 Å². The Kier molecular flexibility index (Phi) is 6.80. The van der Waals surface area contributed by atoms with Crippen molar-refractivity contribution < 1.29 is 0 Å². The Balaban J connectivity index is 1.40. The first-order valence-corrected chi connectivity index (χ1v) is 15.1. The van der Waals surface area contributed by atoms with Gasteiger partial charge in [-0.3, -0.25) is 4.98 Å². The van der Waals surface area contributed by atoms with Crippen LogP contribution < -0.4 is 0 Å². The van der Waals surface area contributed by atoms with E-state index in [1.54, 1.807) is 0 Å². The van der Waals surface area contributed by atoms with E-state index in [2.05, 4.69) is 140 Å². The third-order valence-corrected chi connectivity index (χ3v) is 8.86. The summed E-state index contributed by atoms with van der Waals surface area (Å²) in [7, 11) is 0. The summed E-state index contributed by atoms with van der Waals surface area (Å²) in [6.07, 6.45) is 9.10. The number of aryl methyl sites for hydroxylation is 1. The van der Waals surface area contributed by atoms with Gasteiger partial charge < -0.3 is 0 Å². The first-order valence-electron chi connectivity index (χ1n) is 15.1. The van der Waals surface area contributed by atoms with Crippen molar-refractivity contribution in [2.45, 2.75) is 33.6 Å². The van der Waals surface area contributed by atoms with Gasteiger partial charge in [0.1, 0.15) is 0 Å². The molecule has 1 nitrogen and oxygen atoms in total. The molecule has 6 aromatic rings. The highest BCUT2D eigenvalue weighted by molar-refractivity contribution is 6.21. The standard InChI is InChI=1S/C41H35N/c1-4-29-16-21-35(27(2)24-29)30-17-19-31(20-18-30)40-36-12-5-7-14-38(36)41(39-15-8-6-13-37(39)40)34-11-9-10-32(26-34)33-22-23-42-28(3)25-33/h5-15,17-26,29H,4,16H2,1-3H3. The zero-order valence-electron chi connectivity index (χ0n) is 24.6. The van der Waals surface area contributed by atoms with Crippen molar-refractivity contribution in [3.63, 3.8) is 0 Å². The number of pyridine rings is 1. The van der Waals surface area contributed by atoms with Crippen LogP contribution in [0, 0.1) is 12.8 Å². The second-order valence-electron chi connectivity index (χ2n) is 11.6. The molecule has 1 atom stereocenters. The molecule has 0 fully saturated rings. The summed E-state index contributed by atoms with van der Waals surface area (Å²) in [5.74, 6) is 0.666. The van der Waals surface area contributed by atoms with Gasteiger partial charge in [0.15, 0.2) is 0 Å². The molecule has 1 heterocycles. The molecule has 0 saturated carbocycles. The smallest absolute Gasteiger partial charge is 0.0378 e. The van der Waals surface area contributed by atoms with Crippen LogP contribution in [0.5, 0.6) is 0 Å². The molecule has 0 amide bonds. The van der Waals surface area contributed by atoms with Crippen LogP contribution in [0.1, 0.15) is 37.9 Å². The van der Waals surface area contributed by atoms with Gasteiger partial charge in [0.25, 0.3) is 0 Å². The summed E-state index contributed by atoms with van der Waals surface area (Å²) in [5, 5.41) is 5.11. The normalized spacial score (nSPS) is 15.1. The lowest BCUT2D eigenvalue weighted by atomic mass is 9.84. The number of hydrogen-bond acceptors (Lipinski definition) is 1. The molecule has 0 bridgehead atoms. The van der Waals surface area contributed by atoms with Crippen LogP contribution in [-0.4, -0.2) is 4.98 Å². The molecule has 0 aliphatic heterocycles. The van der Waals surface area contributed by atoms with E-state index >= 15 is 0 Å².